The van der Waals surface area contributed by atoms with E-state index in [4.69, 9.17) is 4.74 Å². The molecule has 0 bridgehead atoms. The van der Waals surface area contributed by atoms with Crippen LogP contribution in [0.2, 0.25) is 0 Å². The first-order chi connectivity index (χ1) is 10.6. The van der Waals surface area contributed by atoms with Crippen molar-refractivity contribution in [3.63, 3.8) is 0 Å². The fraction of sp³-hybridized carbons (Fsp3) is 0.750. The van der Waals surface area contributed by atoms with Gasteiger partial charge in [0.05, 0.1) is 12.7 Å². The van der Waals surface area contributed by atoms with Crippen LogP contribution in [0.4, 0.5) is 5.82 Å². The predicted octanol–water partition coefficient (Wildman–Crippen LogP) is 1.40. The van der Waals surface area contributed by atoms with Crippen molar-refractivity contribution < 1.29 is 9.84 Å². The summed E-state index contributed by atoms with van der Waals surface area (Å²) in [5.74, 6) is 2.07. The molecular formula is C16H28N4O2. The molecular weight excluding hydrogens is 280 g/mol. The van der Waals surface area contributed by atoms with Crippen molar-refractivity contribution in [1.82, 2.24) is 14.9 Å². The number of anilines is 1. The van der Waals surface area contributed by atoms with Crippen LogP contribution < -0.4 is 9.64 Å². The van der Waals surface area contributed by atoms with Gasteiger partial charge in [0.15, 0.2) is 5.82 Å². The molecule has 124 valence electrons. The van der Waals surface area contributed by atoms with Crippen molar-refractivity contribution in [2.45, 2.75) is 32.8 Å². The molecule has 0 saturated carbocycles. The second kappa shape index (κ2) is 8.29. The fourth-order valence-electron chi connectivity index (χ4n) is 3.02. The molecule has 1 aromatic heterocycles. The van der Waals surface area contributed by atoms with Crippen molar-refractivity contribution in [1.29, 1.82) is 0 Å². The number of aliphatic hydroxyl groups is 1. The number of rotatable bonds is 7. The molecule has 1 aromatic rings. The van der Waals surface area contributed by atoms with Crippen molar-refractivity contribution in [3.05, 3.63) is 12.4 Å². The summed E-state index contributed by atoms with van der Waals surface area (Å²) in [5.41, 5.74) is 0. The lowest BCUT2D eigenvalue weighted by molar-refractivity contribution is 0.101. The summed E-state index contributed by atoms with van der Waals surface area (Å²) in [6.07, 6.45) is 5.44. The van der Waals surface area contributed by atoms with Gasteiger partial charge in [0, 0.05) is 32.5 Å². The number of aliphatic hydroxyl groups excluding tert-OH is 1. The van der Waals surface area contributed by atoms with E-state index >= 15 is 0 Å². The first kappa shape index (κ1) is 17.0. The lowest BCUT2D eigenvalue weighted by atomic mass is 9.96. The van der Waals surface area contributed by atoms with Gasteiger partial charge in [-0.2, -0.15) is 0 Å². The van der Waals surface area contributed by atoms with Crippen LogP contribution in [-0.4, -0.2) is 65.9 Å². The molecule has 0 amide bonds. The summed E-state index contributed by atoms with van der Waals surface area (Å²) in [6.45, 7) is 8.25. The van der Waals surface area contributed by atoms with Gasteiger partial charge in [0.25, 0.3) is 5.88 Å². The average molecular weight is 308 g/mol. The Hall–Kier alpha value is -1.40. The maximum atomic E-state index is 9.47. The second-order valence-corrected chi connectivity index (χ2v) is 6.09. The smallest absolute Gasteiger partial charge is 0.257 e. The number of hydrogen-bond acceptors (Lipinski definition) is 6. The van der Waals surface area contributed by atoms with Crippen LogP contribution in [0.15, 0.2) is 12.4 Å². The molecule has 6 heteroatoms. The van der Waals surface area contributed by atoms with E-state index < -0.39 is 0 Å². The van der Waals surface area contributed by atoms with Crippen LogP contribution in [0, 0.1) is 5.92 Å². The largest absolute Gasteiger partial charge is 0.475 e. The Morgan fingerprint density at radius 2 is 2.05 bits per heavy atom. The fourth-order valence-corrected chi connectivity index (χ4v) is 3.02. The van der Waals surface area contributed by atoms with Gasteiger partial charge < -0.3 is 19.6 Å². The molecule has 0 spiro atoms. The highest BCUT2D eigenvalue weighted by molar-refractivity contribution is 5.46. The molecule has 0 radical (unpaired) electrons. The van der Waals surface area contributed by atoms with Crippen LogP contribution in [0.3, 0.4) is 0 Å². The number of β-amino-alcohol motifs (C(OH)–C–C–N with tert-alkyl or cyclic N) is 1. The van der Waals surface area contributed by atoms with Gasteiger partial charge in [0.2, 0.25) is 0 Å². The van der Waals surface area contributed by atoms with E-state index in [2.05, 4.69) is 26.8 Å². The SMILES string of the molecule is CCOc1nccnc1N(C)CC1CCN(C[C@H](C)O)CC1. The number of ether oxygens (including phenoxy) is 1. The van der Waals surface area contributed by atoms with Gasteiger partial charge in [-0.15, -0.1) is 0 Å². The minimum Gasteiger partial charge on any atom is -0.475 e. The third-order valence-corrected chi connectivity index (χ3v) is 4.05. The highest BCUT2D eigenvalue weighted by Gasteiger charge is 2.22. The molecule has 1 N–H and O–H groups in total. The Balaban J connectivity index is 1.87. The molecule has 22 heavy (non-hydrogen) atoms. The van der Waals surface area contributed by atoms with Gasteiger partial charge in [-0.3, -0.25) is 0 Å². The summed E-state index contributed by atoms with van der Waals surface area (Å²) in [5, 5.41) is 9.47. The highest BCUT2D eigenvalue weighted by Crippen LogP contribution is 2.25. The van der Waals surface area contributed by atoms with E-state index in [1.807, 2.05) is 13.8 Å². The molecule has 1 aliphatic heterocycles. The third-order valence-electron chi connectivity index (χ3n) is 4.05. The summed E-state index contributed by atoms with van der Waals surface area (Å²) in [6, 6.07) is 0. The van der Waals surface area contributed by atoms with Crippen LogP contribution in [0.5, 0.6) is 5.88 Å². The zero-order valence-corrected chi connectivity index (χ0v) is 13.9. The predicted molar refractivity (Wildman–Crippen MR) is 87.3 cm³/mol. The number of aromatic nitrogens is 2. The quantitative estimate of drug-likeness (QED) is 0.822. The highest BCUT2D eigenvalue weighted by atomic mass is 16.5. The van der Waals surface area contributed by atoms with Crippen molar-refractivity contribution in [2.24, 2.45) is 5.92 Å². The monoisotopic (exact) mass is 308 g/mol. The average Bonchev–Trinajstić information content (AvgIpc) is 2.49. The standard InChI is InChI=1S/C16H28N4O2/c1-4-22-16-15(17-7-8-18-16)19(3)12-14-5-9-20(10-6-14)11-13(2)21/h7-8,13-14,21H,4-6,9-12H2,1-3H3/t13-/m0/s1. The maximum Gasteiger partial charge on any atom is 0.257 e. The lowest BCUT2D eigenvalue weighted by Gasteiger charge is -2.34. The zero-order chi connectivity index (χ0) is 15.9. The van der Waals surface area contributed by atoms with Crippen LogP contribution >= 0.6 is 0 Å². The van der Waals surface area contributed by atoms with Gasteiger partial charge in [-0.1, -0.05) is 0 Å². The minimum absolute atomic E-state index is 0.243. The molecule has 1 atom stereocenters. The number of piperidine rings is 1. The summed E-state index contributed by atoms with van der Waals surface area (Å²) < 4.78 is 5.56. The molecule has 0 unspecified atom stereocenters. The number of hydrogen-bond donors (Lipinski definition) is 1. The Labute approximate surface area is 133 Å². The Bertz CT molecular complexity index is 448. The maximum absolute atomic E-state index is 9.47. The summed E-state index contributed by atoms with van der Waals surface area (Å²) >= 11 is 0. The summed E-state index contributed by atoms with van der Waals surface area (Å²) in [7, 11) is 2.05. The van der Waals surface area contributed by atoms with Gasteiger partial charge >= 0.3 is 0 Å². The van der Waals surface area contributed by atoms with Crippen molar-refractivity contribution in [2.75, 3.05) is 44.7 Å². The molecule has 0 aromatic carbocycles. The van der Waals surface area contributed by atoms with Crippen molar-refractivity contribution in [3.8, 4) is 5.88 Å². The molecule has 2 heterocycles. The molecule has 1 saturated heterocycles. The van der Waals surface area contributed by atoms with E-state index in [1.54, 1.807) is 12.4 Å². The molecule has 0 aliphatic carbocycles. The van der Waals surface area contributed by atoms with E-state index in [9.17, 15) is 5.11 Å². The number of likely N-dealkylation sites (tertiary alicyclic amines) is 1. The summed E-state index contributed by atoms with van der Waals surface area (Å²) in [4.78, 5) is 13.2. The first-order valence-corrected chi connectivity index (χ1v) is 8.15. The van der Waals surface area contributed by atoms with E-state index in [0.717, 1.165) is 44.8 Å². The second-order valence-electron chi connectivity index (χ2n) is 6.09. The zero-order valence-electron chi connectivity index (χ0n) is 13.9. The molecule has 1 fully saturated rings. The lowest BCUT2D eigenvalue weighted by Crippen LogP contribution is -2.40. The molecule has 2 rings (SSSR count). The van der Waals surface area contributed by atoms with Gasteiger partial charge in [-0.25, -0.2) is 9.97 Å². The third kappa shape index (κ3) is 4.81. The van der Waals surface area contributed by atoms with E-state index in [0.29, 0.717) is 18.4 Å². The first-order valence-electron chi connectivity index (χ1n) is 8.15. The van der Waals surface area contributed by atoms with Crippen LogP contribution in [0.1, 0.15) is 26.7 Å². The Morgan fingerprint density at radius 1 is 1.36 bits per heavy atom. The van der Waals surface area contributed by atoms with Crippen molar-refractivity contribution >= 4 is 5.82 Å². The number of nitrogens with zero attached hydrogens (tertiary/aromatic N) is 4. The topological polar surface area (TPSA) is 61.7 Å². The van der Waals surface area contributed by atoms with E-state index in [1.165, 1.54) is 0 Å². The van der Waals surface area contributed by atoms with E-state index in [-0.39, 0.29) is 6.10 Å². The molecule has 1 aliphatic rings. The Morgan fingerprint density at radius 3 is 2.68 bits per heavy atom. The molecule has 6 nitrogen and oxygen atoms in total. The van der Waals surface area contributed by atoms with Crippen LogP contribution in [0.25, 0.3) is 0 Å². The minimum atomic E-state index is -0.243. The van der Waals surface area contributed by atoms with Gasteiger partial charge in [-0.05, 0) is 45.7 Å². The van der Waals surface area contributed by atoms with Crippen LogP contribution in [-0.2, 0) is 0 Å². The normalized spacial score (nSPS) is 18.2. The Kier molecular flexibility index (Phi) is 6.39. The van der Waals surface area contributed by atoms with Gasteiger partial charge in [0.1, 0.15) is 0 Å².